The van der Waals surface area contributed by atoms with E-state index in [2.05, 4.69) is 0 Å². The van der Waals surface area contributed by atoms with Gasteiger partial charge in [0.2, 0.25) is 0 Å². The second-order valence-corrected chi connectivity index (χ2v) is 3.06. The Morgan fingerprint density at radius 2 is 1.92 bits per heavy atom. The molecule has 0 amide bonds. The third-order valence-corrected chi connectivity index (χ3v) is 1.87. The van der Waals surface area contributed by atoms with Crippen molar-refractivity contribution in [3.8, 4) is 0 Å². The molecule has 0 spiro atoms. The summed E-state index contributed by atoms with van der Waals surface area (Å²) in [5.41, 5.74) is 1.19. The van der Waals surface area contributed by atoms with E-state index in [1.165, 1.54) is 5.54 Å². The predicted molar refractivity (Wildman–Crippen MR) is 51.0 cm³/mol. The van der Waals surface area contributed by atoms with Crippen molar-refractivity contribution in [1.29, 1.82) is 0 Å². The Morgan fingerprint density at radius 3 is 2.42 bits per heavy atom. The summed E-state index contributed by atoms with van der Waals surface area (Å²) < 4.78 is 0. The van der Waals surface area contributed by atoms with Crippen molar-refractivity contribution in [2.24, 2.45) is 0 Å². The van der Waals surface area contributed by atoms with Gasteiger partial charge in [0.05, 0.1) is 0 Å². The van der Waals surface area contributed by atoms with Gasteiger partial charge in [-0.05, 0) is 18.6 Å². The first kappa shape index (κ1) is 9.30. The molecule has 0 aliphatic carbocycles. The Morgan fingerprint density at radius 1 is 1.33 bits per heavy atom. The highest BCUT2D eigenvalue weighted by Crippen LogP contribution is 2.21. The molecule has 0 radical (unpaired) electrons. The number of aliphatic hydroxyl groups is 1. The first-order valence-corrected chi connectivity index (χ1v) is 4.16. The summed E-state index contributed by atoms with van der Waals surface area (Å²) in [5, 5.41) is 9.81. The van der Waals surface area contributed by atoms with E-state index in [1.807, 2.05) is 30.3 Å². The number of rotatable bonds is 2. The van der Waals surface area contributed by atoms with Crippen LogP contribution in [0.1, 0.15) is 12.5 Å². The first-order chi connectivity index (χ1) is 5.67. The molecule has 0 saturated carbocycles. The van der Waals surface area contributed by atoms with Gasteiger partial charge in [-0.25, -0.2) is 0 Å². The van der Waals surface area contributed by atoms with Crippen LogP contribution >= 0.6 is 11.6 Å². The molecule has 0 bridgehead atoms. The Bertz CT molecular complexity index is 264. The van der Waals surface area contributed by atoms with Crippen LogP contribution in [0.25, 0.3) is 0 Å². The highest BCUT2D eigenvalue weighted by Gasteiger charge is 2.17. The van der Waals surface area contributed by atoms with E-state index in [9.17, 15) is 5.11 Å². The maximum atomic E-state index is 9.81. The van der Waals surface area contributed by atoms with Gasteiger partial charge in [0.1, 0.15) is 5.60 Å². The zero-order valence-electron chi connectivity index (χ0n) is 6.87. The Hall–Kier alpha value is -0.790. The van der Waals surface area contributed by atoms with Crippen molar-refractivity contribution in [1.82, 2.24) is 0 Å². The van der Waals surface area contributed by atoms with Crippen LogP contribution in [0.3, 0.4) is 0 Å². The molecule has 0 heterocycles. The molecule has 12 heavy (non-hydrogen) atoms. The fourth-order valence-electron chi connectivity index (χ4n) is 0.994. The molecule has 0 aliphatic rings. The van der Waals surface area contributed by atoms with E-state index >= 15 is 0 Å². The lowest BCUT2D eigenvalue weighted by Crippen LogP contribution is -2.16. The van der Waals surface area contributed by atoms with Crippen LogP contribution in [-0.4, -0.2) is 5.11 Å². The summed E-state index contributed by atoms with van der Waals surface area (Å²) in [6, 6.07) is 9.38. The van der Waals surface area contributed by atoms with Gasteiger partial charge in [-0.15, -0.1) is 0 Å². The van der Waals surface area contributed by atoms with Gasteiger partial charge in [0.25, 0.3) is 0 Å². The summed E-state index contributed by atoms with van der Waals surface area (Å²) >= 11 is 5.40. The van der Waals surface area contributed by atoms with E-state index in [0.717, 1.165) is 5.56 Å². The number of hydrogen-bond donors (Lipinski definition) is 1. The predicted octanol–water partition coefficient (Wildman–Crippen LogP) is 2.65. The van der Waals surface area contributed by atoms with Crippen molar-refractivity contribution in [3.63, 3.8) is 0 Å². The van der Waals surface area contributed by atoms with Gasteiger partial charge in [0, 0.05) is 5.54 Å². The van der Waals surface area contributed by atoms with Gasteiger partial charge in [0.15, 0.2) is 0 Å². The maximum Gasteiger partial charge on any atom is 0.106 e. The lowest BCUT2D eigenvalue weighted by atomic mass is 9.97. The summed E-state index contributed by atoms with van der Waals surface area (Å²) in [5.74, 6) is 0. The van der Waals surface area contributed by atoms with Gasteiger partial charge in [-0.3, -0.25) is 0 Å². The topological polar surface area (TPSA) is 20.2 Å². The quantitative estimate of drug-likeness (QED) is 0.746. The van der Waals surface area contributed by atoms with Gasteiger partial charge in [-0.2, -0.15) is 0 Å². The van der Waals surface area contributed by atoms with Crippen LogP contribution in [-0.2, 0) is 5.60 Å². The van der Waals surface area contributed by atoms with Gasteiger partial charge in [-0.1, -0.05) is 41.9 Å². The lowest BCUT2D eigenvalue weighted by Gasteiger charge is -2.18. The Labute approximate surface area is 77.3 Å². The molecule has 1 atom stereocenters. The van der Waals surface area contributed by atoms with Crippen molar-refractivity contribution in [2.45, 2.75) is 12.5 Å². The van der Waals surface area contributed by atoms with Crippen molar-refractivity contribution in [2.75, 3.05) is 0 Å². The molecule has 0 saturated heterocycles. The summed E-state index contributed by atoms with van der Waals surface area (Å²) in [6.07, 6.45) is 1.55. The molecular weight excluding hydrogens is 172 g/mol. The molecular formula is C10H11ClO. The Balaban J connectivity index is 2.97. The van der Waals surface area contributed by atoms with E-state index in [1.54, 1.807) is 13.0 Å². The SMILES string of the molecule is CC(O)(/C=C/Cl)c1ccccc1. The van der Waals surface area contributed by atoms with E-state index in [4.69, 9.17) is 11.6 Å². The molecule has 1 nitrogen and oxygen atoms in total. The summed E-state index contributed by atoms with van der Waals surface area (Å²) in [6.45, 7) is 1.70. The Kier molecular flexibility index (Phi) is 2.90. The molecule has 1 aromatic rings. The average molecular weight is 183 g/mol. The minimum absolute atomic E-state index is 0.835. The molecule has 0 aromatic heterocycles. The monoisotopic (exact) mass is 182 g/mol. The standard InChI is InChI=1S/C10H11ClO/c1-10(12,7-8-11)9-5-3-2-4-6-9/h2-8,12H,1H3/b8-7+. The van der Waals surface area contributed by atoms with Crippen LogP contribution in [0, 0.1) is 0 Å². The minimum atomic E-state index is -0.969. The average Bonchev–Trinajstić information content (AvgIpc) is 2.06. The van der Waals surface area contributed by atoms with Crippen LogP contribution < -0.4 is 0 Å². The molecule has 1 rings (SSSR count). The summed E-state index contributed by atoms with van der Waals surface area (Å²) in [7, 11) is 0. The second kappa shape index (κ2) is 3.74. The number of hydrogen-bond acceptors (Lipinski definition) is 1. The van der Waals surface area contributed by atoms with Gasteiger partial charge < -0.3 is 5.11 Å². The fourth-order valence-corrected chi connectivity index (χ4v) is 1.24. The minimum Gasteiger partial charge on any atom is -0.381 e. The molecule has 1 unspecified atom stereocenters. The normalized spacial score (nSPS) is 16.2. The third-order valence-electron chi connectivity index (χ3n) is 1.75. The van der Waals surface area contributed by atoms with Gasteiger partial charge >= 0.3 is 0 Å². The molecule has 0 fully saturated rings. The number of halogens is 1. The highest BCUT2D eigenvalue weighted by molar-refractivity contribution is 6.25. The zero-order valence-corrected chi connectivity index (χ0v) is 7.62. The fraction of sp³-hybridized carbons (Fsp3) is 0.200. The summed E-state index contributed by atoms with van der Waals surface area (Å²) in [4.78, 5) is 0. The van der Waals surface area contributed by atoms with Crippen LogP contribution in [0.5, 0.6) is 0 Å². The van der Waals surface area contributed by atoms with Crippen LogP contribution in [0.2, 0.25) is 0 Å². The molecule has 0 aliphatic heterocycles. The maximum absolute atomic E-state index is 9.81. The van der Waals surface area contributed by atoms with Crippen LogP contribution in [0.15, 0.2) is 41.9 Å². The smallest absolute Gasteiger partial charge is 0.106 e. The largest absolute Gasteiger partial charge is 0.381 e. The second-order valence-electron chi connectivity index (χ2n) is 2.81. The first-order valence-electron chi connectivity index (χ1n) is 3.72. The molecule has 2 heteroatoms. The molecule has 1 N–H and O–H groups in total. The van der Waals surface area contributed by atoms with E-state index in [-0.39, 0.29) is 0 Å². The third kappa shape index (κ3) is 2.10. The van der Waals surface area contributed by atoms with E-state index < -0.39 is 5.60 Å². The highest BCUT2D eigenvalue weighted by atomic mass is 35.5. The lowest BCUT2D eigenvalue weighted by molar-refractivity contribution is 0.111. The molecule has 1 aromatic carbocycles. The van der Waals surface area contributed by atoms with Crippen molar-refractivity contribution in [3.05, 3.63) is 47.5 Å². The van der Waals surface area contributed by atoms with Crippen LogP contribution in [0.4, 0.5) is 0 Å². The van der Waals surface area contributed by atoms with E-state index in [0.29, 0.717) is 0 Å². The zero-order chi connectivity index (χ0) is 9.03. The number of benzene rings is 1. The van der Waals surface area contributed by atoms with Crippen molar-refractivity contribution >= 4 is 11.6 Å². The van der Waals surface area contributed by atoms with Crippen molar-refractivity contribution < 1.29 is 5.11 Å². The molecule has 64 valence electrons.